The number of hydrogen-bond donors (Lipinski definition) is 1. The van der Waals surface area contributed by atoms with Crippen LogP contribution in [0.4, 0.5) is 22.0 Å². The van der Waals surface area contributed by atoms with E-state index >= 15 is 0 Å². The number of nitrogens with one attached hydrogen (secondary N) is 1. The van der Waals surface area contributed by atoms with Crippen LogP contribution in [0.2, 0.25) is 0 Å². The number of amides is 1. The van der Waals surface area contributed by atoms with Crippen LogP contribution in [0.5, 0.6) is 0 Å². The van der Waals surface area contributed by atoms with Gasteiger partial charge < -0.3 is 15.0 Å². The summed E-state index contributed by atoms with van der Waals surface area (Å²) in [4.78, 5) is 12.7. The first-order valence-corrected chi connectivity index (χ1v) is 6.72. The van der Waals surface area contributed by atoms with Gasteiger partial charge in [-0.3, -0.25) is 4.79 Å². The minimum Gasteiger partial charge on any atom is -0.375 e. The molecule has 1 fully saturated rings. The Hall–Kier alpha value is -0.960. The van der Waals surface area contributed by atoms with Crippen molar-refractivity contribution in [1.82, 2.24) is 10.2 Å². The van der Waals surface area contributed by atoms with Crippen molar-refractivity contribution >= 4 is 5.91 Å². The Bertz CT molecular complexity index is 319. The lowest BCUT2D eigenvalue weighted by Crippen LogP contribution is -2.49. The highest BCUT2D eigenvalue weighted by molar-refractivity contribution is 5.76. The van der Waals surface area contributed by atoms with Crippen LogP contribution in [0, 0.1) is 0 Å². The summed E-state index contributed by atoms with van der Waals surface area (Å²) in [5.74, 6) is -0.714. The van der Waals surface area contributed by atoms with E-state index in [9.17, 15) is 26.7 Å². The molecule has 0 aromatic rings. The Labute approximate surface area is 119 Å². The molecule has 1 aliphatic rings. The first-order chi connectivity index (χ1) is 9.79. The Kier molecular flexibility index (Phi) is 7.30. The number of nitrogens with zero attached hydrogens (tertiary/aromatic N) is 1. The second-order valence-corrected chi connectivity index (χ2v) is 4.83. The molecule has 124 valence electrons. The number of hydrogen-bond acceptors (Lipinski definition) is 3. The lowest BCUT2D eigenvalue weighted by molar-refractivity contribution is -0.167. The number of rotatable bonds is 7. The maximum absolute atomic E-state index is 12.6. The third kappa shape index (κ3) is 7.56. The first-order valence-electron chi connectivity index (χ1n) is 6.72. The molecular weight excluding hydrogens is 299 g/mol. The SMILES string of the molecule is O=C(CCOCC(F)F)N(CC(F)(F)F)C1CCNCC1. The Morgan fingerprint density at radius 1 is 1.29 bits per heavy atom. The second kappa shape index (κ2) is 8.47. The third-order valence-electron chi connectivity index (χ3n) is 3.12. The summed E-state index contributed by atoms with van der Waals surface area (Å²) in [6, 6.07) is -0.476. The lowest BCUT2D eigenvalue weighted by atomic mass is 10.0. The van der Waals surface area contributed by atoms with Crippen molar-refractivity contribution in [2.45, 2.75) is 37.9 Å². The average molecular weight is 318 g/mol. The Morgan fingerprint density at radius 2 is 1.90 bits per heavy atom. The van der Waals surface area contributed by atoms with Crippen molar-refractivity contribution in [3.63, 3.8) is 0 Å². The van der Waals surface area contributed by atoms with Crippen LogP contribution in [0.25, 0.3) is 0 Å². The maximum atomic E-state index is 12.6. The van der Waals surface area contributed by atoms with Crippen LogP contribution in [0.15, 0.2) is 0 Å². The van der Waals surface area contributed by atoms with Crippen molar-refractivity contribution in [3.8, 4) is 0 Å². The second-order valence-electron chi connectivity index (χ2n) is 4.83. The van der Waals surface area contributed by atoms with Crippen molar-refractivity contribution in [2.75, 3.05) is 32.8 Å². The molecule has 0 aliphatic carbocycles. The molecule has 0 aromatic carbocycles. The van der Waals surface area contributed by atoms with Crippen molar-refractivity contribution in [3.05, 3.63) is 0 Å². The monoisotopic (exact) mass is 318 g/mol. The van der Waals surface area contributed by atoms with Gasteiger partial charge in [-0.05, 0) is 25.9 Å². The van der Waals surface area contributed by atoms with Gasteiger partial charge in [-0.1, -0.05) is 0 Å². The molecule has 1 heterocycles. The molecule has 4 nitrogen and oxygen atoms in total. The molecule has 21 heavy (non-hydrogen) atoms. The first kappa shape index (κ1) is 18.1. The van der Waals surface area contributed by atoms with Gasteiger partial charge in [0.25, 0.3) is 6.43 Å². The van der Waals surface area contributed by atoms with Gasteiger partial charge in [0.15, 0.2) is 0 Å². The normalized spacial score (nSPS) is 17.2. The topological polar surface area (TPSA) is 41.6 Å². The van der Waals surface area contributed by atoms with E-state index in [-0.39, 0.29) is 13.0 Å². The van der Waals surface area contributed by atoms with Gasteiger partial charge in [-0.15, -0.1) is 0 Å². The molecule has 0 saturated carbocycles. The fourth-order valence-corrected chi connectivity index (χ4v) is 2.21. The van der Waals surface area contributed by atoms with E-state index in [0.29, 0.717) is 25.9 Å². The zero-order chi connectivity index (χ0) is 15.9. The third-order valence-corrected chi connectivity index (χ3v) is 3.12. The van der Waals surface area contributed by atoms with Gasteiger partial charge in [0.2, 0.25) is 5.91 Å². The zero-order valence-corrected chi connectivity index (χ0v) is 11.5. The lowest BCUT2D eigenvalue weighted by Gasteiger charge is -2.35. The standard InChI is InChI=1S/C12H19F5N2O2/c13-10(14)7-21-6-3-11(20)19(8-12(15,16)17)9-1-4-18-5-2-9/h9-10,18H,1-8H2. The predicted octanol–water partition coefficient (Wildman–Crippen LogP) is 1.80. The smallest absolute Gasteiger partial charge is 0.375 e. The molecule has 0 atom stereocenters. The molecule has 0 aromatic heterocycles. The van der Waals surface area contributed by atoms with E-state index in [4.69, 9.17) is 0 Å². The van der Waals surface area contributed by atoms with Crippen molar-refractivity contribution < 1.29 is 31.5 Å². The summed E-state index contributed by atoms with van der Waals surface area (Å²) in [6.07, 6.45) is -6.58. The molecule has 0 unspecified atom stereocenters. The van der Waals surface area contributed by atoms with E-state index in [1.165, 1.54) is 0 Å². The van der Waals surface area contributed by atoms with E-state index in [1.54, 1.807) is 0 Å². The molecule has 1 aliphatic heterocycles. The fraction of sp³-hybridized carbons (Fsp3) is 0.917. The number of carbonyl (C=O) groups is 1. The Morgan fingerprint density at radius 3 is 2.43 bits per heavy atom. The zero-order valence-electron chi connectivity index (χ0n) is 11.5. The van der Waals surface area contributed by atoms with Crippen LogP contribution in [0.1, 0.15) is 19.3 Å². The molecule has 1 amide bonds. The van der Waals surface area contributed by atoms with E-state index in [2.05, 4.69) is 10.1 Å². The van der Waals surface area contributed by atoms with Gasteiger partial charge in [0, 0.05) is 6.04 Å². The summed E-state index contributed by atoms with van der Waals surface area (Å²) in [5.41, 5.74) is 0. The molecule has 1 rings (SSSR count). The summed E-state index contributed by atoms with van der Waals surface area (Å²) in [7, 11) is 0. The van der Waals surface area contributed by atoms with Gasteiger partial charge in [0.1, 0.15) is 13.2 Å². The molecule has 9 heteroatoms. The molecule has 0 bridgehead atoms. The number of alkyl halides is 5. The van der Waals surface area contributed by atoms with Crippen LogP contribution in [0.3, 0.4) is 0 Å². The van der Waals surface area contributed by atoms with E-state index in [0.717, 1.165) is 4.90 Å². The predicted molar refractivity (Wildman–Crippen MR) is 65.1 cm³/mol. The number of ether oxygens (including phenoxy) is 1. The largest absolute Gasteiger partial charge is 0.406 e. The van der Waals surface area contributed by atoms with Gasteiger partial charge in [-0.2, -0.15) is 13.2 Å². The van der Waals surface area contributed by atoms with Crippen LogP contribution >= 0.6 is 0 Å². The highest BCUT2D eigenvalue weighted by Gasteiger charge is 2.36. The maximum Gasteiger partial charge on any atom is 0.406 e. The highest BCUT2D eigenvalue weighted by Crippen LogP contribution is 2.22. The fourth-order valence-electron chi connectivity index (χ4n) is 2.21. The van der Waals surface area contributed by atoms with Crippen molar-refractivity contribution in [1.29, 1.82) is 0 Å². The molecule has 1 saturated heterocycles. The van der Waals surface area contributed by atoms with Crippen molar-refractivity contribution in [2.24, 2.45) is 0 Å². The molecule has 1 N–H and O–H groups in total. The highest BCUT2D eigenvalue weighted by atomic mass is 19.4. The molecular formula is C12H19F5N2O2. The quantitative estimate of drug-likeness (QED) is 0.575. The summed E-state index contributed by atoms with van der Waals surface area (Å²) < 4.78 is 66.0. The minimum absolute atomic E-state index is 0.303. The Balaban J connectivity index is 2.51. The van der Waals surface area contributed by atoms with Crippen LogP contribution in [-0.2, 0) is 9.53 Å². The minimum atomic E-state index is -4.48. The van der Waals surface area contributed by atoms with Crippen LogP contribution in [-0.4, -0.2) is 62.3 Å². The summed E-state index contributed by atoms with van der Waals surface area (Å²) >= 11 is 0. The number of carbonyl (C=O) groups excluding carboxylic acids is 1. The van der Waals surface area contributed by atoms with Gasteiger partial charge in [-0.25, -0.2) is 8.78 Å². The number of piperidine rings is 1. The van der Waals surface area contributed by atoms with Gasteiger partial charge in [0.05, 0.1) is 13.0 Å². The van der Waals surface area contributed by atoms with Crippen LogP contribution < -0.4 is 5.32 Å². The van der Waals surface area contributed by atoms with Gasteiger partial charge >= 0.3 is 6.18 Å². The molecule has 0 spiro atoms. The van der Waals surface area contributed by atoms with E-state index < -0.39 is 37.7 Å². The summed E-state index contributed by atoms with van der Waals surface area (Å²) in [5, 5.41) is 3.01. The van der Waals surface area contributed by atoms with E-state index in [1.807, 2.05) is 0 Å². The average Bonchev–Trinajstić information content (AvgIpc) is 2.40. The molecule has 0 radical (unpaired) electrons. The number of halogens is 5. The summed E-state index contributed by atoms with van der Waals surface area (Å²) in [6.45, 7) is -1.34.